The third kappa shape index (κ3) is 5.03. The molecule has 0 spiro atoms. The third-order valence-electron chi connectivity index (χ3n) is 6.01. The number of alkyl halides is 3. The molecular formula is C25H18Cl2F3N7O2S. The van der Waals surface area contributed by atoms with E-state index in [0.717, 1.165) is 6.07 Å². The van der Waals surface area contributed by atoms with Gasteiger partial charge in [0.15, 0.2) is 0 Å². The number of aromatic amines is 1. The third-order valence-corrected chi connectivity index (χ3v) is 7.85. The second kappa shape index (κ2) is 10.2. The maximum absolute atomic E-state index is 13.8. The number of pyridine rings is 1. The first kappa shape index (κ1) is 27.6. The summed E-state index contributed by atoms with van der Waals surface area (Å²) in [6.45, 7) is 3.95. The van der Waals surface area contributed by atoms with E-state index in [4.69, 9.17) is 28.9 Å². The second-order valence-corrected chi connectivity index (χ2v) is 10.5. The number of anilines is 1. The largest absolute Gasteiger partial charge is 0.433 e. The van der Waals surface area contributed by atoms with Crippen molar-refractivity contribution in [1.29, 1.82) is 0 Å². The molecule has 0 radical (unpaired) electrons. The van der Waals surface area contributed by atoms with Gasteiger partial charge in [-0.2, -0.15) is 23.4 Å². The minimum atomic E-state index is -4.77. The van der Waals surface area contributed by atoms with Crippen LogP contribution in [0.15, 0.2) is 36.5 Å². The summed E-state index contributed by atoms with van der Waals surface area (Å²) >= 11 is 12.7. The number of aryl methyl sites for hydroxylation is 2. The number of benzene rings is 1. The molecule has 0 aliphatic carbocycles. The molecule has 0 bridgehead atoms. The highest BCUT2D eigenvalue weighted by atomic mass is 35.5. The van der Waals surface area contributed by atoms with E-state index < -0.39 is 23.7 Å². The molecule has 9 nitrogen and oxygen atoms in total. The van der Waals surface area contributed by atoms with Crippen LogP contribution in [0.2, 0.25) is 10.0 Å². The van der Waals surface area contributed by atoms with E-state index >= 15 is 0 Å². The molecule has 0 fully saturated rings. The zero-order valence-corrected chi connectivity index (χ0v) is 23.0. The molecule has 0 aliphatic heterocycles. The SMILES string of the molecule is CCn1cc(-c2cc(C(F)(F)F)nc3sc(C(N)=O)c(NC(=O)c4cc(-c5ccc(Cl)c(Cl)c5)n[nH]4)c23)c(C)n1. The van der Waals surface area contributed by atoms with E-state index in [1.165, 1.54) is 6.07 Å². The van der Waals surface area contributed by atoms with Gasteiger partial charge in [-0.1, -0.05) is 29.3 Å². The number of halogens is 5. The van der Waals surface area contributed by atoms with Crippen LogP contribution < -0.4 is 11.1 Å². The number of amides is 2. The van der Waals surface area contributed by atoms with Gasteiger partial charge in [0.05, 0.1) is 27.1 Å². The molecule has 4 heterocycles. The number of hydrogen-bond acceptors (Lipinski definition) is 6. The van der Waals surface area contributed by atoms with E-state index in [0.29, 0.717) is 50.4 Å². The predicted octanol–water partition coefficient (Wildman–Crippen LogP) is 6.56. The molecular weight excluding hydrogens is 590 g/mol. The Kier molecular flexibility index (Phi) is 7.06. The minimum absolute atomic E-state index is 0.00671. The summed E-state index contributed by atoms with van der Waals surface area (Å²) in [5, 5.41) is 14.5. The van der Waals surface area contributed by atoms with Crippen molar-refractivity contribution >= 4 is 62.3 Å². The number of hydrogen-bond donors (Lipinski definition) is 3. The summed E-state index contributed by atoms with van der Waals surface area (Å²) in [6.07, 6.45) is -3.18. The number of nitrogens with one attached hydrogen (secondary N) is 2. The molecule has 206 valence electrons. The highest BCUT2D eigenvalue weighted by Gasteiger charge is 2.35. The van der Waals surface area contributed by atoms with E-state index in [1.54, 1.807) is 36.0 Å². The molecule has 0 saturated heterocycles. The molecule has 5 aromatic rings. The Bertz CT molecular complexity index is 1810. The molecule has 0 aliphatic rings. The average Bonchev–Trinajstić information content (AvgIpc) is 3.62. The maximum atomic E-state index is 13.8. The van der Waals surface area contributed by atoms with Crippen molar-refractivity contribution in [1.82, 2.24) is 25.0 Å². The van der Waals surface area contributed by atoms with Crippen molar-refractivity contribution in [2.45, 2.75) is 26.6 Å². The summed E-state index contributed by atoms with van der Waals surface area (Å²) in [5.74, 6) is -1.66. The Morgan fingerprint density at radius 3 is 2.52 bits per heavy atom. The number of primary amides is 1. The molecule has 0 unspecified atom stereocenters. The lowest BCUT2D eigenvalue weighted by Crippen LogP contribution is -2.17. The number of H-pyrrole nitrogens is 1. The number of aromatic nitrogens is 5. The monoisotopic (exact) mass is 607 g/mol. The fourth-order valence-corrected chi connectivity index (χ4v) is 5.42. The van der Waals surface area contributed by atoms with Crippen molar-refractivity contribution in [3.05, 3.63) is 68.5 Å². The Hall–Kier alpha value is -3.94. The molecule has 0 saturated carbocycles. The maximum Gasteiger partial charge on any atom is 0.433 e. The molecule has 0 atom stereocenters. The Labute approximate surface area is 238 Å². The molecule has 40 heavy (non-hydrogen) atoms. The van der Waals surface area contributed by atoms with Gasteiger partial charge >= 0.3 is 6.18 Å². The first-order valence-corrected chi connectivity index (χ1v) is 13.2. The minimum Gasteiger partial charge on any atom is -0.365 e. The van der Waals surface area contributed by atoms with Gasteiger partial charge in [0.2, 0.25) is 0 Å². The zero-order valence-electron chi connectivity index (χ0n) is 20.7. The normalized spacial score (nSPS) is 11.8. The summed E-state index contributed by atoms with van der Waals surface area (Å²) < 4.78 is 43.0. The van der Waals surface area contributed by atoms with Crippen molar-refractivity contribution in [2.24, 2.45) is 5.73 Å². The summed E-state index contributed by atoms with van der Waals surface area (Å²) in [7, 11) is 0. The van der Waals surface area contributed by atoms with E-state index in [1.807, 2.05) is 6.92 Å². The lowest BCUT2D eigenvalue weighted by atomic mass is 10.0. The van der Waals surface area contributed by atoms with Gasteiger partial charge in [0.1, 0.15) is 21.1 Å². The van der Waals surface area contributed by atoms with Crippen LogP contribution in [0.1, 0.15) is 38.5 Å². The van der Waals surface area contributed by atoms with Crippen LogP contribution in [0.5, 0.6) is 0 Å². The van der Waals surface area contributed by atoms with Gasteiger partial charge in [0, 0.05) is 29.3 Å². The quantitative estimate of drug-likeness (QED) is 0.201. The number of carbonyl (C=O) groups excluding carboxylic acids is 2. The number of nitrogens with zero attached hydrogens (tertiary/aromatic N) is 4. The van der Waals surface area contributed by atoms with Crippen LogP contribution in [0.4, 0.5) is 18.9 Å². The van der Waals surface area contributed by atoms with Crippen LogP contribution in [-0.2, 0) is 12.7 Å². The van der Waals surface area contributed by atoms with Crippen molar-refractivity contribution in [3.8, 4) is 22.4 Å². The summed E-state index contributed by atoms with van der Waals surface area (Å²) in [6, 6.07) is 7.14. The van der Waals surface area contributed by atoms with Crippen LogP contribution in [0.3, 0.4) is 0 Å². The fourth-order valence-electron chi connectivity index (χ4n) is 4.12. The molecule has 4 aromatic heterocycles. The molecule has 4 N–H and O–H groups in total. The Morgan fingerprint density at radius 1 is 1.15 bits per heavy atom. The van der Waals surface area contributed by atoms with Gasteiger partial charge in [-0.3, -0.25) is 19.4 Å². The van der Waals surface area contributed by atoms with E-state index in [-0.39, 0.29) is 32.0 Å². The number of thiophene rings is 1. The Balaban J connectivity index is 1.64. The summed E-state index contributed by atoms with van der Waals surface area (Å²) in [5.41, 5.74) is 6.25. The summed E-state index contributed by atoms with van der Waals surface area (Å²) in [4.78, 5) is 29.1. The van der Waals surface area contributed by atoms with Crippen LogP contribution in [0, 0.1) is 6.92 Å². The van der Waals surface area contributed by atoms with Crippen molar-refractivity contribution in [3.63, 3.8) is 0 Å². The standard InChI is InChI=1S/C25H18Cl2F3N7O2S/c1-3-37-9-13(10(2)36-37)12-7-18(25(28,29)30)32-24-19(12)20(21(40-24)22(31)38)33-23(39)17-8-16(34-35-17)11-4-5-14(26)15(27)6-11/h4-9H,3H2,1-2H3,(H2,31,38)(H,33,39)(H,34,35). The predicted molar refractivity (Wildman–Crippen MR) is 147 cm³/mol. The topological polar surface area (TPSA) is 132 Å². The Morgan fingerprint density at radius 2 is 1.90 bits per heavy atom. The smallest absolute Gasteiger partial charge is 0.365 e. The lowest BCUT2D eigenvalue weighted by Gasteiger charge is -2.11. The number of fused-ring (bicyclic) bond motifs is 1. The van der Waals surface area contributed by atoms with Crippen molar-refractivity contribution < 1.29 is 22.8 Å². The number of nitrogens with two attached hydrogens (primary N) is 1. The first-order valence-electron chi connectivity index (χ1n) is 11.6. The van der Waals surface area contributed by atoms with Crippen molar-refractivity contribution in [2.75, 3.05) is 5.32 Å². The zero-order chi connectivity index (χ0) is 28.9. The van der Waals surface area contributed by atoms with E-state index in [2.05, 4.69) is 25.6 Å². The second-order valence-electron chi connectivity index (χ2n) is 8.64. The van der Waals surface area contributed by atoms with E-state index in [9.17, 15) is 22.8 Å². The highest BCUT2D eigenvalue weighted by Crippen LogP contribution is 2.44. The lowest BCUT2D eigenvalue weighted by molar-refractivity contribution is -0.140. The highest BCUT2D eigenvalue weighted by molar-refractivity contribution is 7.21. The average molecular weight is 608 g/mol. The van der Waals surface area contributed by atoms with Gasteiger partial charge in [-0.15, -0.1) is 11.3 Å². The molecule has 2 amide bonds. The van der Waals surface area contributed by atoms with Gasteiger partial charge in [-0.05, 0) is 43.7 Å². The fraction of sp³-hybridized carbons (Fsp3) is 0.160. The first-order chi connectivity index (χ1) is 18.9. The number of rotatable bonds is 6. The van der Waals surface area contributed by atoms with Gasteiger partial charge < -0.3 is 11.1 Å². The van der Waals surface area contributed by atoms with Gasteiger partial charge in [0.25, 0.3) is 11.8 Å². The van der Waals surface area contributed by atoms with Crippen LogP contribution in [-0.4, -0.2) is 36.8 Å². The molecule has 5 rings (SSSR count). The molecule has 15 heteroatoms. The van der Waals surface area contributed by atoms with Gasteiger partial charge in [-0.25, -0.2) is 4.98 Å². The number of carbonyl (C=O) groups is 2. The van der Waals surface area contributed by atoms with Crippen LogP contribution >= 0.6 is 34.5 Å². The van der Waals surface area contributed by atoms with Crippen LogP contribution in [0.25, 0.3) is 32.6 Å². The molecule has 1 aromatic carbocycles.